The average molecular weight is 287 g/mol. The topological polar surface area (TPSA) is 92.7 Å². The number of benzene rings is 1. The van der Waals surface area contributed by atoms with Crippen molar-refractivity contribution in [1.29, 1.82) is 0 Å². The van der Waals surface area contributed by atoms with Crippen molar-refractivity contribution in [3.8, 4) is 0 Å². The second-order valence-corrected chi connectivity index (χ2v) is 5.79. The molecule has 1 aromatic carbocycles. The zero-order valence-electron chi connectivity index (χ0n) is 10.8. The molecule has 0 amide bonds. The fourth-order valence-electron chi connectivity index (χ4n) is 1.43. The molecule has 106 valence electrons. The summed E-state index contributed by atoms with van der Waals surface area (Å²) in [5, 5.41) is 8.35. The summed E-state index contributed by atoms with van der Waals surface area (Å²) in [6.45, 7) is 3.37. The molecular formula is C12H17NO5S. The summed E-state index contributed by atoms with van der Waals surface area (Å²) >= 11 is 0. The van der Waals surface area contributed by atoms with Crippen LogP contribution in [-0.2, 0) is 19.7 Å². The highest BCUT2D eigenvalue weighted by Crippen LogP contribution is 2.20. The van der Waals surface area contributed by atoms with Gasteiger partial charge in [-0.25, -0.2) is 13.2 Å². The van der Waals surface area contributed by atoms with E-state index in [2.05, 4.69) is 18.7 Å². The highest BCUT2D eigenvalue weighted by molar-refractivity contribution is 7.89. The van der Waals surface area contributed by atoms with Crippen molar-refractivity contribution >= 4 is 16.0 Å². The van der Waals surface area contributed by atoms with Gasteiger partial charge < -0.3 is 5.11 Å². The van der Waals surface area contributed by atoms with Gasteiger partial charge in [0.05, 0.1) is 4.90 Å². The third-order valence-corrected chi connectivity index (χ3v) is 3.97. The van der Waals surface area contributed by atoms with Crippen LogP contribution in [0.15, 0.2) is 29.2 Å². The zero-order valence-corrected chi connectivity index (χ0v) is 11.6. The van der Waals surface area contributed by atoms with E-state index < -0.39 is 22.6 Å². The summed E-state index contributed by atoms with van der Waals surface area (Å²) < 4.78 is 23.5. The fraction of sp³-hybridized carbons (Fsp3) is 0.417. The van der Waals surface area contributed by atoms with Crippen molar-refractivity contribution in [2.75, 3.05) is 6.61 Å². The van der Waals surface area contributed by atoms with Gasteiger partial charge in [-0.15, -0.1) is 0 Å². The van der Waals surface area contributed by atoms with Gasteiger partial charge in [-0.1, -0.05) is 30.9 Å². The lowest BCUT2D eigenvalue weighted by molar-refractivity contribution is -0.143. The third-order valence-electron chi connectivity index (χ3n) is 2.74. The average Bonchev–Trinajstić information content (AvgIpc) is 2.37. The summed E-state index contributed by atoms with van der Waals surface area (Å²) in [5.41, 5.74) is 1.05. The summed E-state index contributed by atoms with van der Waals surface area (Å²) in [6.07, 6.45) is 0.964. The molecule has 6 nitrogen and oxygen atoms in total. The van der Waals surface area contributed by atoms with E-state index in [-0.39, 0.29) is 4.90 Å². The van der Waals surface area contributed by atoms with Crippen LogP contribution in [0.1, 0.15) is 31.7 Å². The lowest BCUT2D eigenvalue weighted by atomic mass is 9.99. The van der Waals surface area contributed by atoms with Crippen LogP contribution in [0.5, 0.6) is 0 Å². The lowest BCUT2D eigenvalue weighted by Gasteiger charge is -2.10. The second kappa shape index (κ2) is 6.65. The Morgan fingerprint density at radius 3 is 2.42 bits per heavy atom. The summed E-state index contributed by atoms with van der Waals surface area (Å²) in [4.78, 5) is 16.4. The fourth-order valence-corrected chi connectivity index (χ4v) is 2.23. The van der Waals surface area contributed by atoms with Crippen LogP contribution in [0, 0.1) is 0 Å². The molecule has 1 rings (SSSR count). The number of hydrogen-bond acceptors (Lipinski definition) is 4. The maximum atomic E-state index is 11.7. The van der Waals surface area contributed by atoms with Gasteiger partial charge in [-0.3, -0.25) is 4.84 Å². The van der Waals surface area contributed by atoms with Crippen LogP contribution in [0.3, 0.4) is 0 Å². The van der Waals surface area contributed by atoms with Crippen LogP contribution in [0.4, 0.5) is 0 Å². The maximum absolute atomic E-state index is 11.7. The Morgan fingerprint density at radius 1 is 1.37 bits per heavy atom. The van der Waals surface area contributed by atoms with Gasteiger partial charge in [0.2, 0.25) is 0 Å². The normalized spacial score (nSPS) is 13.2. The molecule has 0 saturated carbocycles. The van der Waals surface area contributed by atoms with Crippen molar-refractivity contribution in [3.63, 3.8) is 0 Å². The van der Waals surface area contributed by atoms with Crippen LogP contribution in [0.2, 0.25) is 0 Å². The first-order chi connectivity index (χ1) is 8.86. The van der Waals surface area contributed by atoms with Gasteiger partial charge in [0.1, 0.15) is 0 Å². The summed E-state index contributed by atoms with van der Waals surface area (Å²) in [7, 11) is -3.84. The van der Waals surface area contributed by atoms with Gasteiger partial charge in [0.15, 0.2) is 6.61 Å². The zero-order chi connectivity index (χ0) is 14.5. The highest BCUT2D eigenvalue weighted by Gasteiger charge is 2.15. The number of aliphatic carboxylic acids is 1. The molecule has 0 aromatic heterocycles. The number of carbonyl (C=O) groups is 1. The van der Waals surface area contributed by atoms with Gasteiger partial charge in [-0.05, 0) is 30.0 Å². The smallest absolute Gasteiger partial charge is 0.331 e. The van der Waals surface area contributed by atoms with Gasteiger partial charge in [-0.2, -0.15) is 0 Å². The minimum Gasteiger partial charge on any atom is -0.479 e. The SMILES string of the molecule is CCC(C)c1ccc(S(=O)(=O)NOCC(=O)O)cc1. The minimum absolute atomic E-state index is 0.0324. The van der Waals surface area contributed by atoms with E-state index >= 15 is 0 Å². The number of carboxylic acids is 1. The van der Waals surface area contributed by atoms with Gasteiger partial charge in [0.25, 0.3) is 10.0 Å². The van der Waals surface area contributed by atoms with Crippen molar-refractivity contribution in [3.05, 3.63) is 29.8 Å². The van der Waals surface area contributed by atoms with Crippen LogP contribution in [0.25, 0.3) is 0 Å². The van der Waals surface area contributed by atoms with Gasteiger partial charge in [0, 0.05) is 0 Å². The van der Waals surface area contributed by atoms with E-state index in [1.807, 2.05) is 0 Å². The van der Waals surface area contributed by atoms with E-state index in [4.69, 9.17) is 5.11 Å². The Morgan fingerprint density at radius 2 is 1.95 bits per heavy atom. The third kappa shape index (κ3) is 4.62. The molecule has 19 heavy (non-hydrogen) atoms. The number of rotatable bonds is 7. The molecule has 1 atom stereocenters. The van der Waals surface area contributed by atoms with E-state index in [1.165, 1.54) is 12.1 Å². The molecule has 0 aliphatic heterocycles. The second-order valence-electron chi connectivity index (χ2n) is 4.15. The summed E-state index contributed by atoms with van der Waals surface area (Å²) in [6, 6.07) is 6.40. The molecule has 0 radical (unpaired) electrons. The van der Waals surface area contributed by atoms with Crippen LogP contribution in [-0.4, -0.2) is 26.1 Å². The quantitative estimate of drug-likeness (QED) is 0.741. The molecule has 1 unspecified atom stereocenters. The first kappa shape index (κ1) is 15.6. The molecule has 0 bridgehead atoms. The molecule has 7 heteroatoms. The molecule has 2 N–H and O–H groups in total. The number of hydrogen-bond donors (Lipinski definition) is 2. The van der Waals surface area contributed by atoms with E-state index in [0.717, 1.165) is 12.0 Å². The molecule has 1 aromatic rings. The lowest BCUT2D eigenvalue weighted by Crippen LogP contribution is -2.26. The molecule has 0 aliphatic carbocycles. The molecular weight excluding hydrogens is 270 g/mol. The van der Waals surface area contributed by atoms with Crippen molar-refractivity contribution < 1.29 is 23.2 Å². The predicted molar refractivity (Wildman–Crippen MR) is 69.1 cm³/mol. The van der Waals surface area contributed by atoms with E-state index in [1.54, 1.807) is 17.0 Å². The number of nitrogens with one attached hydrogen (secondary N) is 1. The van der Waals surface area contributed by atoms with Crippen molar-refractivity contribution in [1.82, 2.24) is 4.89 Å². The Balaban J connectivity index is 2.76. The maximum Gasteiger partial charge on any atom is 0.331 e. The molecule has 0 spiro atoms. The molecule has 0 aliphatic rings. The Bertz CT molecular complexity index is 524. The van der Waals surface area contributed by atoms with E-state index in [0.29, 0.717) is 5.92 Å². The molecule has 0 saturated heterocycles. The monoisotopic (exact) mass is 287 g/mol. The predicted octanol–water partition coefficient (Wildman–Crippen LogP) is 1.49. The van der Waals surface area contributed by atoms with E-state index in [9.17, 15) is 13.2 Å². The molecule has 0 fully saturated rings. The highest BCUT2D eigenvalue weighted by atomic mass is 32.2. The van der Waals surface area contributed by atoms with Crippen molar-refractivity contribution in [2.45, 2.75) is 31.1 Å². The first-order valence-corrected chi connectivity index (χ1v) is 7.30. The Labute approximate surface area is 112 Å². The largest absolute Gasteiger partial charge is 0.479 e. The van der Waals surface area contributed by atoms with Gasteiger partial charge >= 0.3 is 5.97 Å². The Hall–Kier alpha value is -1.44. The standard InChI is InChI=1S/C12H17NO5S/c1-3-9(2)10-4-6-11(7-5-10)19(16,17)13-18-8-12(14)15/h4-7,9,13H,3,8H2,1-2H3,(H,14,15). The Kier molecular flexibility index (Phi) is 5.46. The molecule has 0 heterocycles. The number of carboxylic acid groups (broad SMARTS) is 1. The van der Waals surface area contributed by atoms with Crippen molar-refractivity contribution in [2.24, 2.45) is 0 Å². The minimum atomic E-state index is -3.84. The van der Waals surface area contributed by atoms with Crippen LogP contribution >= 0.6 is 0 Å². The first-order valence-electron chi connectivity index (χ1n) is 5.82. The number of sulfonamides is 1. The summed E-state index contributed by atoms with van der Waals surface area (Å²) in [5.74, 6) is -0.900. The van der Waals surface area contributed by atoms with Crippen LogP contribution < -0.4 is 4.89 Å².